The lowest BCUT2D eigenvalue weighted by molar-refractivity contribution is 0.152. The molecule has 1 saturated carbocycles. The first-order chi connectivity index (χ1) is 12.6. The first-order valence-corrected chi connectivity index (χ1v) is 8.79. The van der Waals surface area contributed by atoms with E-state index in [1.165, 1.54) is 12.1 Å². The SMILES string of the molecule is O=C(N1CC(c2cccc(F)c2)C1)n1c2c([nH]c1=O)C=NC(C1CC1)N2. The van der Waals surface area contributed by atoms with Crippen molar-refractivity contribution in [1.82, 2.24) is 14.5 Å². The second-order valence-electron chi connectivity index (χ2n) is 7.17. The van der Waals surface area contributed by atoms with Gasteiger partial charge in [-0.2, -0.15) is 4.57 Å². The number of amides is 1. The standard InChI is InChI=1S/C18H18FN5O2/c19-13-3-1-2-11(6-13)12-8-23(9-12)18(26)24-16-14(21-17(24)25)7-20-15(22-16)10-4-5-10/h1-3,6-7,10,12,15,22H,4-5,8-9H2,(H,21,25). The Kier molecular flexibility index (Phi) is 3.28. The van der Waals surface area contributed by atoms with E-state index in [1.54, 1.807) is 17.2 Å². The molecule has 1 amide bonds. The summed E-state index contributed by atoms with van der Waals surface area (Å²) in [5, 5.41) is 3.22. The highest BCUT2D eigenvalue weighted by Gasteiger charge is 2.37. The van der Waals surface area contributed by atoms with Crippen LogP contribution in [0.4, 0.5) is 15.0 Å². The summed E-state index contributed by atoms with van der Waals surface area (Å²) in [4.78, 5) is 33.8. The predicted molar refractivity (Wildman–Crippen MR) is 94.3 cm³/mol. The van der Waals surface area contributed by atoms with E-state index in [2.05, 4.69) is 15.3 Å². The van der Waals surface area contributed by atoms with Crippen molar-refractivity contribution in [3.8, 4) is 0 Å². The van der Waals surface area contributed by atoms with E-state index >= 15 is 0 Å². The quantitative estimate of drug-likeness (QED) is 0.864. The molecule has 1 atom stereocenters. The zero-order chi connectivity index (χ0) is 17.8. The molecule has 2 fully saturated rings. The number of imidazole rings is 1. The Balaban J connectivity index is 1.35. The summed E-state index contributed by atoms with van der Waals surface area (Å²) in [6.07, 6.45) is 3.77. The molecule has 5 rings (SSSR count). The number of fused-ring (bicyclic) bond motifs is 1. The molecule has 1 saturated heterocycles. The van der Waals surface area contributed by atoms with Crippen molar-refractivity contribution in [3.05, 3.63) is 51.8 Å². The fraction of sp³-hybridized carbons (Fsp3) is 0.389. The molecule has 2 N–H and O–H groups in total. The van der Waals surface area contributed by atoms with Crippen LogP contribution in [0.25, 0.3) is 0 Å². The van der Waals surface area contributed by atoms with Gasteiger partial charge in [0.1, 0.15) is 23.5 Å². The molecule has 0 bridgehead atoms. The summed E-state index contributed by atoms with van der Waals surface area (Å²) >= 11 is 0. The second kappa shape index (κ2) is 5.55. The number of hydrogen-bond donors (Lipinski definition) is 2. The molecule has 1 aromatic heterocycles. The molecule has 0 spiro atoms. The fourth-order valence-corrected chi connectivity index (χ4v) is 3.60. The van der Waals surface area contributed by atoms with Gasteiger partial charge in [0.15, 0.2) is 0 Å². The van der Waals surface area contributed by atoms with Crippen LogP contribution in [-0.4, -0.2) is 46.0 Å². The average molecular weight is 355 g/mol. The van der Waals surface area contributed by atoms with Gasteiger partial charge in [-0.25, -0.2) is 14.0 Å². The van der Waals surface area contributed by atoms with Crippen molar-refractivity contribution in [3.63, 3.8) is 0 Å². The molecule has 2 aromatic rings. The van der Waals surface area contributed by atoms with E-state index in [9.17, 15) is 14.0 Å². The summed E-state index contributed by atoms with van der Waals surface area (Å²) in [5.41, 5.74) is 0.934. The minimum absolute atomic E-state index is 0.0758. The number of H-pyrrole nitrogens is 1. The van der Waals surface area contributed by atoms with Crippen LogP contribution in [0.15, 0.2) is 34.1 Å². The molecule has 2 aliphatic heterocycles. The zero-order valence-corrected chi connectivity index (χ0v) is 14.0. The summed E-state index contributed by atoms with van der Waals surface area (Å²) < 4.78 is 14.5. The van der Waals surface area contributed by atoms with Crippen LogP contribution in [0.1, 0.15) is 30.0 Å². The van der Waals surface area contributed by atoms with Gasteiger partial charge in [-0.1, -0.05) is 12.1 Å². The normalized spacial score (nSPS) is 21.9. The van der Waals surface area contributed by atoms with Gasteiger partial charge in [0.2, 0.25) is 0 Å². The summed E-state index contributed by atoms with van der Waals surface area (Å²) in [6, 6.07) is 6.06. The van der Waals surface area contributed by atoms with Crippen molar-refractivity contribution < 1.29 is 9.18 Å². The van der Waals surface area contributed by atoms with Gasteiger partial charge in [-0.3, -0.25) is 4.99 Å². The highest BCUT2D eigenvalue weighted by Crippen LogP contribution is 2.36. The number of nitrogens with one attached hydrogen (secondary N) is 2. The predicted octanol–water partition coefficient (Wildman–Crippen LogP) is 1.96. The molecule has 8 heteroatoms. The summed E-state index contributed by atoms with van der Waals surface area (Å²) in [6.45, 7) is 0.934. The van der Waals surface area contributed by atoms with E-state index in [-0.39, 0.29) is 23.9 Å². The minimum Gasteiger partial charge on any atom is -0.347 e. The number of nitrogens with zero attached hydrogens (tertiary/aromatic N) is 3. The summed E-state index contributed by atoms with van der Waals surface area (Å²) in [5.74, 6) is 0.766. The number of rotatable bonds is 2. The van der Waals surface area contributed by atoms with Crippen LogP contribution in [0.3, 0.4) is 0 Å². The Bertz CT molecular complexity index is 968. The molecule has 0 radical (unpaired) electrons. The topological polar surface area (TPSA) is 82.5 Å². The first-order valence-electron chi connectivity index (χ1n) is 8.79. The molecule has 3 aliphatic rings. The fourth-order valence-electron chi connectivity index (χ4n) is 3.60. The van der Waals surface area contributed by atoms with Gasteiger partial charge in [-0.05, 0) is 36.5 Å². The molecule has 1 aromatic carbocycles. The van der Waals surface area contributed by atoms with Crippen molar-refractivity contribution >= 4 is 18.1 Å². The monoisotopic (exact) mass is 355 g/mol. The largest absolute Gasteiger partial charge is 0.347 e. The second-order valence-corrected chi connectivity index (χ2v) is 7.17. The van der Waals surface area contributed by atoms with Crippen LogP contribution in [0.5, 0.6) is 0 Å². The first kappa shape index (κ1) is 15.4. The maximum Gasteiger partial charge on any atom is 0.336 e. The number of carbonyl (C=O) groups is 1. The van der Waals surface area contributed by atoms with Gasteiger partial charge in [0.05, 0.1) is 6.21 Å². The lowest BCUT2D eigenvalue weighted by atomic mass is 9.92. The smallest absolute Gasteiger partial charge is 0.336 e. The van der Waals surface area contributed by atoms with Crippen LogP contribution < -0.4 is 11.0 Å². The number of aromatic nitrogens is 2. The van der Waals surface area contributed by atoms with Gasteiger partial charge in [-0.15, -0.1) is 0 Å². The number of aromatic amines is 1. The van der Waals surface area contributed by atoms with Gasteiger partial charge in [0.25, 0.3) is 0 Å². The van der Waals surface area contributed by atoms with E-state index in [0.717, 1.165) is 23.0 Å². The van der Waals surface area contributed by atoms with Gasteiger partial charge < -0.3 is 15.2 Å². The van der Waals surface area contributed by atoms with Gasteiger partial charge >= 0.3 is 11.7 Å². The Labute approximate surface area is 148 Å². The summed E-state index contributed by atoms with van der Waals surface area (Å²) in [7, 11) is 0. The highest BCUT2D eigenvalue weighted by atomic mass is 19.1. The van der Waals surface area contributed by atoms with Crippen molar-refractivity contribution in [2.45, 2.75) is 24.9 Å². The number of halogens is 1. The third-order valence-electron chi connectivity index (χ3n) is 5.30. The number of likely N-dealkylation sites (tertiary alicyclic amines) is 1. The number of carbonyl (C=O) groups excluding carboxylic acids is 1. The van der Waals surface area contributed by atoms with E-state index in [4.69, 9.17) is 0 Å². The molecule has 26 heavy (non-hydrogen) atoms. The minimum atomic E-state index is -0.468. The average Bonchev–Trinajstić information content (AvgIpc) is 3.35. The third-order valence-corrected chi connectivity index (χ3v) is 5.30. The van der Waals surface area contributed by atoms with Crippen LogP contribution in [0.2, 0.25) is 0 Å². The van der Waals surface area contributed by atoms with Crippen molar-refractivity contribution in [1.29, 1.82) is 0 Å². The molecule has 134 valence electrons. The number of hydrogen-bond acceptors (Lipinski definition) is 4. The molecular formula is C18H18FN5O2. The lowest BCUT2D eigenvalue weighted by Gasteiger charge is -2.39. The van der Waals surface area contributed by atoms with Crippen molar-refractivity contribution in [2.24, 2.45) is 10.9 Å². The lowest BCUT2D eigenvalue weighted by Crippen LogP contribution is -2.52. The number of anilines is 1. The van der Waals surface area contributed by atoms with Crippen LogP contribution in [0, 0.1) is 11.7 Å². The van der Waals surface area contributed by atoms with Crippen LogP contribution >= 0.6 is 0 Å². The Morgan fingerprint density at radius 2 is 2.08 bits per heavy atom. The highest BCUT2D eigenvalue weighted by molar-refractivity contribution is 5.91. The third kappa shape index (κ3) is 2.44. The Morgan fingerprint density at radius 3 is 2.81 bits per heavy atom. The van der Waals surface area contributed by atoms with Gasteiger partial charge in [0, 0.05) is 19.0 Å². The van der Waals surface area contributed by atoms with Crippen LogP contribution in [-0.2, 0) is 0 Å². The molecule has 1 aliphatic carbocycles. The van der Waals surface area contributed by atoms with E-state index in [0.29, 0.717) is 30.5 Å². The molecule has 7 nitrogen and oxygen atoms in total. The van der Waals surface area contributed by atoms with Crippen molar-refractivity contribution in [2.75, 3.05) is 18.4 Å². The van der Waals surface area contributed by atoms with E-state index in [1.807, 2.05) is 6.07 Å². The van der Waals surface area contributed by atoms with E-state index < -0.39 is 5.69 Å². The number of aliphatic imine (C=N–C) groups is 1. The maximum absolute atomic E-state index is 13.4. The Morgan fingerprint density at radius 1 is 1.27 bits per heavy atom. The molecule has 1 unspecified atom stereocenters. The molecule has 3 heterocycles. The maximum atomic E-state index is 13.4. The Hall–Kier alpha value is -2.90. The zero-order valence-electron chi connectivity index (χ0n) is 14.0. The molecular weight excluding hydrogens is 337 g/mol. The number of benzene rings is 1.